The number of hydrogen-bond acceptors (Lipinski definition) is 5. The number of esters is 1. The molecule has 0 spiro atoms. The Morgan fingerprint density at radius 3 is 2.56 bits per heavy atom. The minimum atomic E-state index is -3.99. The molecule has 8 heteroatoms. The molecule has 6 nitrogen and oxygen atoms in total. The summed E-state index contributed by atoms with van der Waals surface area (Å²) in [6, 6.07) is 3.39. The molecule has 0 bridgehead atoms. The van der Waals surface area contributed by atoms with E-state index in [1.807, 2.05) is 0 Å². The second-order valence-electron chi connectivity index (χ2n) is 6.23. The maximum atomic E-state index is 12.8. The molecule has 0 heterocycles. The number of hydrogen-bond donors (Lipinski definition) is 1. The first-order valence-electron chi connectivity index (χ1n) is 8.31. The number of benzene rings is 1. The summed E-state index contributed by atoms with van der Waals surface area (Å²) >= 11 is 5.92. The van der Waals surface area contributed by atoms with Gasteiger partial charge < -0.3 is 9.47 Å². The molecule has 0 aromatic heterocycles. The molecule has 1 saturated carbocycles. The van der Waals surface area contributed by atoms with Crippen molar-refractivity contribution in [3.63, 3.8) is 0 Å². The van der Waals surface area contributed by atoms with Crippen molar-refractivity contribution in [1.29, 1.82) is 0 Å². The van der Waals surface area contributed by atoms with Gasteiger partial charge in [-0.15, -0.1) is 0 Å². The van der Waals surface area contributed by atoms with E-state index in [1.165, 1.54) is 32.8 Å². The normalized spacial score (nSPS) is 17.1. The van der Waals surface area contributed by atoms with Crippen LogP contribution in [0.3, 0.4) is 0 Å². The quantitative estimate of drug-likeness (QED) is 0.724. The van der Waals surface area contributed by atoms with E-state index in [0.717, 1.165) is 25.7 Å². The zero-order chi connectivity index (χ0) is 18.4. The van der Waals surface area contributed by atoms with Gasteiger partial charge in [-0.2, -0.15) is 4.72 Å². The van der Waals surface area contributed by atoms with E-state index < -0.39 is 22.0 Å². The van der Waals surface area contributed by atoms with Crippen LogP contribution in [0.4, 0.5) is 0 Å². The summed E-state index contributed by atoms with van der Waals surface area (Å²) in [6.07, 6.45) is 5.81. The predicted molar refractivity (Wildman–Crippen MR) is 95.3 cm³/mol. The van der Waals surface area contributed by atoms with Crippen LogP contribution >= 0.6 is 11.6 Å². The molecule has 1 aliphatic carbocycles. The second-order valence-corrected chi connectivity index (χ2v) is 8.35. The van der Waals surface area contributed by atoms with Crippen LogP contribution in [0.5, 0.6) is 5.75 Å². The van der Waals surface area contributed by atoms with Crippen LogP contribution in [0.1, 0.15) is 38.5 Å². The lowest BCUT2D eigenvalue weighted by atomic mass is 9.85. The fraction of sp³-hybridized carbons (Fsp3) is 0.588. The number of ether oxygens (including phenoxy) is 2. The first kappa shape index (κ1) is 20.0. The molecule has 140 valence electrons. The van der Waals surface area contributed by atoms with E-state index in [9.17, 15) is 13.2 Å². The summed E-state index contributed by atoms with van der Waals surface area (Å²) in [5, 5.41) is 0.267. The molecule has 1 aliphatic rings. The maximum Gasteiger partial charge on any atom is 0.323 e. The van der Waals surface area contributed by atoms with Crippen LogP contribution < -0.4 is 9.46 Å². The number of halogens is 1. The number of methoxy groups -OCH3 is 2. The first-order valence-corrected chi connectivity index (χ1v) is 10.2. The number of carbonyl (C=O) groups excluding carboxylic acids is 1. The Hall–Kier alpha value is -1.31. The molecule has 1 aromatic rings. The highest BCUT2D eigenvalue weighted by Crippen LogP contribution is 2.30. The molecule has 0 amide bonds. The lowest BCUT2D eigenvalue weighted by Gasteiger charge is -2.26. The number of nitrogens with one attached hydrogen (secondary N) is 1. The van der Waals surface area contributed by atoms with E-state index in [1.54, 1.807) is 6.07 Å². The molecule has 0 radical (unpaired) electrons. The summed E-state index contributed by atoms with van der Waals surface area (Å²) in [5.74, 6) is -0.116. The van der Waals surface area contributed by atoms with E-state index in [-0.39, 0.29) is 15.7 Å². The van der Waals surface area contributed by atoms with Crippen molar-refractivity contribution in [2.45, 2.75) is 49.5 Å². The first-order chi connectivity index (χ1) is 11.9. The molecular formula is C17H24ClNO5S. The lowest BCUT2D eigenvalue weighted by Crippen LogP contribution is -2.43. The molecule has 1 unspecified atom stereocenters. The Balaban J connectivity index is 2.24. The van der Waals surface area contributed by atoms with Gasteiger partial charge in [-0.05, 0) is 30.5 Å². The van der Waals surface area contributed by atoms with Crippen LogP contribution in [0.2, 0.25) is 5.02 Å². The highest BCUT2D eigenvalue weighted by molar-refractivity contribution is 7.89. The molecule has 1 aromatic carbocycles. The molecule has 1 N–H and O–H groups in total. The Kier molecular flexibility index (Phi) is 7.10. The van der Waals surface area contributed by atoms with Crippen molar-refractivity contribution < 1.29 is 22.7 Å². The minimum Gasteiger partial charge on any atom is -0.495 e. The smallest absolute Gasteiger partial charge is 0.323 e. The van der Waals surface area contributed by atoms with Crippen LogP contribution in [0.15, 0.2) is 23.1 Å². The summed E-state index contributed by atoms with van der Waals surface area (Å²) in [6.45, 7) is 0. The highest BCUT2D eigenvalue weighted by atomic mass is 35.5. The molecule has 1 fully saturated rings. The molecule has 25 heavy (non-hydrogen) atoms. The van der Waals surface area contributed by atoms with Gasteiger partial charge in [0.05, 0.1) is 14.2 Å². The zero-order valence-electron chi connectivity index (χ0n) is 14.5. The fourth-order valence-corrected chi connectivity index (χ4v) is 4.83. The Labute approximate surface area is 153 Å². The molecule has 0 saturated heterocycles. The number of carbonyl (C=O) groups is 1. The third-order valence-electron chi connectivity index (χ3n) is 4.49. The van der Waals surface area contributed by atoms with E-state index in [0.29, 0.717) is 12.3 Å². The summed E-state index contributed by atoms with van der Waals surface area (Å²) in [4.78, 5) is 12.0. The number of rotatable bonds is 7. The molecular weight excluding hydrogens is 366 g/mol. The summed E-state index contributed by atoms with van der Waals surface area (Å²) < 4.78 is 37.9. The van der Waals surface area contributed by atoms with Crippen LogP contribution in [0, 0.1) is 5.92 Å². The topological polar surface area (TPSA) is 81.7 Å². The SMILES string of the molecule is COC(=O)C(CC1CCCCC1)NS(=O)(=O)c1cc(Cl)ccc1OC. The standard InChI is InChI=1S/C17H24ClNO5S/c1-23-15-9-8-13(18)11-16(15)25(21,22)19-14(17(20)24-2)10-12-6-4-3-5-7-12/h8-9,11-12,14,19H,3-7,10H2,1-2H3. The minimum absolute atomic E-state index is 0.0972. The van der Waals surface area contributed by atoms with Gasteiger partial charge in [0.15, 0.2) is 0 Å². The van der Waals surface area contributed by atoms with Crippen molar-refractivity contribution in [2.24, 2.45) is 5.92 Å². The summed E-state index contributed by atoms with van der Waals surface area (Å²) in [7, 11) is -1.36. The summed E-state index contributed by atoms with van der Waals surface area (Å²) in [5.41, 5.74) is 0. The van der Waals surface area contributed by atoms with E-state index in [4.69, 9.17) is 21.1 Å². The van der Waals surface area contributed by atoms with Crippen LogP contribution in [-0.4, -0.2) is 34.6 Å². The Bertz CT molecular complexity index is 701. The van der Waals surface area contributed by atoms with Crippen molar-refractivity contribution in [3.05, 3.63) is 23.2 Å². The zero-order valence-corrected chi connectivity index (χ0v) is 16.0. The fourth-order valence-electron chi connectivity index (χ4n) is 3.20. The van der Waals surface area contributed by atoms with Crippen molar-refractivity contribution >= 4 is 27.6 Å². The van der Waals surface area contributed by atoms with Gasteiger partial charge in [-0.1, -0.05) is 43.7 Å². The van der Waals surface area contributed by atoms with E-state index in [2.05, 4.69) is 4.72 Å². The maximum absolute atomic E-state index is 12.8. The average Bonchev–Trinajstić information content (AvgIpc) is 2.61. The Morgan fingerprint density at radius 1 is 1.28 bits per heavy atom. The van der Waals surface area contributed by atoms with E-state index >= 15 is 0 Å². The van der Waals surface area contributed by atoms with Gasteiger partial charge in [0.1, 0.15) is 16.7 Å². The van der Waals surface area contributed by atoms with Gasteiger partial charge in [0.25, 0.3) is 0 Å². The van der Waals surface area contributed by atoms with Gasteiger partial charge in [0, 0.05) is 5.02 Å². The second kappa shape index (κ2) is 8.87. The molecule has 1 atom stereocenters. The van der Waals surface area contributed by atoms with Crippen molar-refractivity contribution in [1.82, 2.24) is 4.72 Å². The van der Waals surface area contributed by atoms with Crippen LogP contribution in [-0.2, 0) is 19.6 Å². The Morgan fingerprint density at radius 2 is 1.96 bits per heavy atom. The van der Waals surface area contributed by atoms with Gasteiger partial charge in [-0.25, -0.2) is 8.42 Å². The molecule has 2 rings (SSSR count). The monoisotopic (exact) mass is 389 g/mol. The molecule has 0 aliphatic heterocycles. The highest BCUT2D eigenvalue weighted by Gasteiger charge is 2.31. The lowest BCUT2D eigenvalue weighted by molar-refractivity contribution is -0.143. The van der Waals surface area contributed by atoms with Gasteiger partial charge >= 0.3 is 5.97 Å². The largest absolute Gasteiger partial charge is 0.495 e. The third-order valence-corrected chi connectivity index (χ3v) is 6.22. The van der Waals surface area contributed by atoms with Gasteiger partial charge in [-0.3, -0.25) is 4.79 Å². The number of sulfonamides is 1. The van der Waals surface area contributed by atoms with Crippen LogP contribution in [0.25, 0.3) is 0 Å². The third kappa shape index (κ3) is 5.33. The average molecular weight is 390 g/mol. The van der Waals surface area contributed by atoms with Crippen molar-refractivity contribution in [2.75, 3.05) is 14.2 Å². The van der Waals surface area contributed by atoms with Gasteiger partial charge in [0.2, 0.25) is 10.0 Å². The predicted octanol–water partition coefficient (Wildman–Crippen LogP) is 3.14. The van der Waals surface area contributed by atoms with Crippen molar-refractivity contribution in [3.8, 4) is 5.75 Å².